The van der Waals surface area contributed by atoms with Crippen molar-refractivity contribution in [3.63, 3.8) is 0 Å². The zero-order chi connectivity index (χ0) is 19.1. The molecule has 0 N–H and O–H groups in total. The minimum absolute atomic E-state index is 0.0662. The van der Waals surface area contributed by atoms with E-state index >= 15 is 0 Å². The molecule has 27 heavy (non-hydrogen) atoms. The highest BCUT2D eigenvalue weighted by Gasteiger charge is 2.30. The first-order valence-electron chi connectivity index (χ1n) is 11.2. The van der Waals surface area contributed by atoms with Crippen LogP contribution in [0.15, 0.2) is 29.5 Å². The van der Waals surface area contributed by atoms with Crippen LogP contribution in [0.1, 0.15) is 77.6 Å². The van der Waals surface area contributed by atoms with Gasteiger partial charge in [0.2, 0.25) is 0 Å². The van der Waals surface area contributed by atoms with Crippen molar-refractivity contribution in [2.24, 2.45) is 22.9 Å². The summed E-state index contributed by atoms with van der Waals surface area (Å²) in [7, 11) is 2.89. The predicted molar refractivity (Wildman–Crippen MR) is 119 cm³/mol. The lowest BCUT2D eigenvalue weighted by molar-refractivity contribution is 0.114. The van der Waals surface area contributed by atoms with Crippen molar-refractivity contribution in [3.05, 3.63) is 24.3 Å². The summed E-state index contributed by atoms with van der Waals surface area (Å²) in [5.74, 6) is 2.54. The molecule has 0 aromatic heterocycles. The maximum Gasteiger partial charge on any atom is 0.157 e. The molecule has 3 rings (SSSR count). The second kappa shape index (κ2) is 10.8. The zero-order valence-corrected chi connectivity index (χ0v) is 18.4. The van der Waals surface area contributed by atoms with Gasteiger partial charge in [-0.1, -0.05) is 71.8 Å². The molecule has 3 nitrogen and oxygen atoms in total. The third kappa shape index (κ3) is 6.16. The second-order valence-corrected chi connectivity index (χ2v) is 9.59. The van der Waals surface area contributed by atoms with Crippen LogP contribution in [-0.4, -0.2) is 29.6 Å². The Kier molecular flexibility index (Phi) is 8.40. The van der Waals surface area contributed by atoms with Gasteiger partial charge in [-0.3, -0.25) is 4.67 Å². The van der Waals surface area contributed by atoms with Crippen LogP contribution in [0.2, 0.25) is 0 Å². The molecule has 0 amide bonds. The van der Waals surface area contributed by atoms with Crippen LogP contribution < -0.4 is 0 Å². The van der Waals surface area contributed by atoms with E-state index in [0.29, 0.717) is 5.92 Å². The summed E-state index contributed by atoms with van der Waals surface area (Å²) in [6, 6.07) is 0. The van der Waals surface area contributed by atoms with Gasteiger partial charge in [-0.15, -0.1) is 0 Å². The Labute approximate surface area is 168 Å². The molecule has 4 heteroatoms. The molecule has 3 aliphatic rings. The fourth-order valence-electron chi connectivity index (χ4n) is 5.24. The molecule has 0 radical (unpaired) electrons. The quantitative estimate of drug-likeness (QED) is 0.426. The van der Waals surface area contributed by atoms with Gasteiger partial charge < -0.3 is 4.84 Å². The maximum atomic E-state index is 5.72. The van der Waals surface area contributed by atoms with Gasteiger partial charge in [0.1, 0.15) is 0 Å². The Hall–Kier alpha value is -0.660. The first kappa shape index (κ1) is 21.1. The fourth-order valence-corrected chi connectivity index (χ4v) is 5.54. The molecule has 1 saturated carbocycles. The van der Waals surface area contributed by atoms with Crippen LogP contribution in [0.5, 0.6) is 0 Å². The molecule has 1 aliphatic carbocycles. The SMILES string of the molecule is C=C(/C=C\C)C1CC(C2CCCCCC(C3CCN(P)CC3)CCC2)=NO1. The Morgan fingerprint density at radius 3 is 2.48 bits per heavy atom. The predicted octanol–water partition coefficient (Wildman–Crippen LogP) is 6.13. The van der Waals surface area contributed by atoms with Gasteiger partial charge in [0.15, 0.2) is 6.10 Å². The monoisotopic (exact) mass is 390 g/mol. The molecular weight excluding hydrogens is 351 g/mol. The van der Waals surface area contributed by atoms with E-state index in [1.807, 2.05) is 13.0 Å². The highest BCUT2D eigenvalue weighted by atomic mass is 31.0. The first-order chi connectivity index (χ1) is 13.2. The van der Waals surface area contributed by atoms with E-state index in [4.69, 9.17) is 4.84 Å². The summed E-state index contributed by atoms with van der Waals surface area (Å²) >= 11 is 0. The number of oxime groups is 1. The van der Waals surface area contributed by atoms with E-state index in [1.165, 1.54) is 83.0 Å². The van der Waals surface area contributed by atoms with Gasteiger partial charge in [-0.05, 0) is 50.0 Å². The largest absolute Gasteiger partial charge is 0.387 e. The van der Waals surface area contributed by atoms with Crippen LogP contribution in [-0.2, 0) is 4.84 Å². The first-order valence-corrected chi connectivity index (χ1v) is 11.7. The fraction of sp³-hybridized carbons (Fsp3) is 0.783. The van der Waals surface area contributed by atoms with Gasteiger partial charge in [0.05, 0.1) is 5.71 Å². The minimum Gasteiger partial charge on any atom is -0.387 e. The van der Waals surface area contributed by atoms with Crippen LogP contribution >= 0.6 is 9.39 Å². The van der Waals surface area contributed by atoms with Crippen LogP contribution in [0, 0.1) is 17.8 Å². The lowest BCUT2D eigenvalue weighted by Gasteiger charge is -2.35. The molecule has 0 bridgehead atoms. The van der Waals surface area contributed by atoms with Crippen LogP contribution in [0.4, 0.5) is 0 Å². The van der Waals surface area contributed by atoms with Gasteiger partial charge in [0, 0.05) is 25.4 Å². The molecule has 0 aromatic carbocycles. The molecule has 0 spiro atoms. The average Bonchev–Trinajstić information content (AvgIpc) is 3.17. The number of hydrogen-bond acceptors (Lipinski definition) is 3. The van der Waals surface area contributed by atoms with E-state index in [-0.39, 0.29) is 6.10 Å². The molecule has 4 atom stereocenters. The van der Waals surface area contributed by atoms with Gasteiger partial charge in [-0.25, -0.2) is 0 Å². The van der Waals surface area contributed by atoms with Crippen LogP contribution in [0.3, 0.4) is 0 Å². The Balaban J connectivity index is 1.52. The Morgan fingerprint density at radius 1 is 1.04 bits per heavy atom. The molecule has 2 heterocycles. The van der Waals surface area contributed by atoms with E-state index in [1.54, 1.807) is 0 Å². The summed E-state index contributed by atoms with van der Waals surface area (Å²) in [5.41, 5.74) is 2.36. The van der Waals surface area contributed by atoms with Crippen molar-refractivity contribution in [1.29, 1.82) is 0 Å². The molecule has 2 fully saturated rings. The van der Waals surface area contributed by atoms with Gasteiger partial charge in [-0.2, -0.15) is 0 Å². The van der Waals surface area contributed by atoms with Crippen molar-refractivity contribution in [2.45, 2.75) is 83.7 Å². The third-order valence-corrected chi connectivity index (χ3v) is 7.47. The number of nitrogens with zero attached hydrogens (tertiary/aromatic N) is 2. The summed E-state index contributed by atoms with van der Waals surface area (Å²) in [4.78, 5) is 5.72. The Morgan fingerprint density at radius 2 is 1.70 bits per heavy atom. The van der Waals surface area contributed by atoms with Crippen molar-refractivity contribution in [3.8, 4) is 0 Å². The molecular formula is C23H39N2OP. The van der Waals surface area contributed by atoms with Crippen molar-refractivity contribution >= 4 is 15.1 Å². The molecule has 152 valence electrons. The third-order valence-electron chi connectivity index (χ3n) is 6.95. The standard InChI is InChI=1S/C23H39N2OP/c1-3-8-18(2)23-17-22(24-26-23)21-10-6-4-5-9-19(11-7-12-21)20-13-15-25(27)16-14-20/h3,8,19-21,23H,2,4-7,9-17,27H2,1H3/b8-3-. The number of hydrogen-bond donors (Lipinski definition) is 0. The smallest absolute Gasteiger partial charge is 0.157 e. The minimum atomic E-state index is 0.0662. The van der Waals surface area contributed by atoms with Crippen molar-refractivity contribution < 1.29 is 4.84 Å². The highest BCUT2D eigenvalue weighted by Crippen LogP contribution is 2.36. The normalized spacial score (nSPS) is 32.2. The molecule has 2 aliphatic heterocycles. The van der Waals surface area contributed by atoms with E-state index in [9.17, 15) is 0 Å². The van der Waals surface area contributed by atoms with E-state index in [0.717, 1.165) is 23.8 Å². The van der Waals surface area contributed by atoms with E-state index in [2.05, 4.69) is 31.9 Å². The van der Waals surface area contributed by atoms with Crippen molar-refractivity contribution in [1.82, 2.24) is 4.67 Å². The summed E-state index contributed by atoms with van der Waals surface area (Å²) < 4.78 is 2.42. The lowest BCUT2D eigenvalue weighted by atomic mass is 9.76. The van der Waals surface area contributed by atoms with Gasteiger partial charge >= 0.3 is 0 Å². The number of allylic oxidation sites excluding steroid dienone is 1. The topological polar surface area (TPSA) is 24.8 Å². The number of piperidine rings is 1. The zero-order valence-electron chi connectivity index (χ0n) is 17.2. The molecule has 0 aromatic rings. The lowest BCUT2D eigenvalue weighted by Crippen LogP contribution is -2.30. The maximum absolute atomic E-state index is 5.72. The Bertz CT molecular complexity index is 536. The summed E-state index contributed by atoms with van der Waals surface area (Å²) in [6.07, 6.45) is 18.9. The van der Waals surface area contributed by atoms with Gasteiger partial charge in [0.25, 0.3) is 0 Å². The molecule has 4 unspecified atom stereocenters. The van der Waals surface area contributed by atoms with E-state index < -0.39 is 0 Å². The second-order valence-electron chi connectivity index (χ2n) is 8.86. The van der Waals surface area contributed by atoms with Crippen molar-refractivity contribution in [2.75, 3.05) is 13.1 Å². The summed E-state index contributed by atoms with van der Waals surface area (Å²) in [5, 5.41) is 4.50. The van der Waals surface area contributed by atoms with Crippen LogP contribution in [0.25, 0.3) is 0 Å². The average molecular weight is 391 g/mol. The summed E-state index contributed by atoms with van der Waals surface area (Å²) in [6.45, 7) is 8.70. The molecule has 1 saturated heterocycles. The number of rotatable bonds is 4. The highest BCUT2D eigenvalue weighted by molar-refractivity contribution is 7.13.